The van der Waals surface area contributed by atoms with Gasteiger partial charge in [0.05, 0.1) is 6.54 Å². The molecule has 3 saturated heterocycles. The Bertz CT molecular complexity index is 492. The Kier molecular flexibility index (Phi) is 5.18. The molecule has 3 aliphatic heterocycles. The van der Waals surface area contributed by atoms with Crippen molar-refractivity contribution >= 4 is 11.8 Å². The minimum Gasteiger partial charge on any atom is -0.368 e. The predicted molar refractivity (Wildman–Crippen MR) is 89.4 cm³/mol. The Hall–Kier alpha value is -0.630. The Morgan fingerprint density at radius 2 is 1.91 bits per heavy atom. The van der Waals surface area contributed by atoms with Crippen molar-refractivity contribution in [2.75, 3.05) is 44.3 Å². The first-order valence-electron chi connectivity index (χ1n) is 8.87. The molecule has 6 nitrogen and oxygen atoms in total. The fourth-order valence-electron chi connectivity index (χ4n) is 3.77. The van der Waals surface area contributed by atoms with Crippen LogP contribution < -0.4 is 0 Å². The zero-order valence-electron chi connectivity index (χ0n) is 13.7. The number of ether oxygens (including phenoxy) is 1. The molecule has 0 spiro atoms. The molecule has 7 heteroatoms. The zero-order chi connectivity index (χ0) is 15.5. The minimum absolute atomic E-state index is 0.0252. The smallest absolute Gasteiger partial charge is 0.255 e. The second kappa shape index (κ2) is 7.51. The van der Waals surface area contributed by atoms with Crippen LogP contribution in [0.3, 0.4) is 0 Å². The fraction of sp³-hybridized carbons (Fsp3) is 0.875. The molecule has 0 saturated carbocycles. The summed E-state index contributed by atoms with van der Waals surface area (Å²) in [4.78, 5) is 9.66. The van der Waals surface area contributed by atoms with Crippen LogP contribution in [0.2, 0.25) is 0 Å². The number of rotatable bonds is 4. The third-order valence-electron chi connectivity index (χ3n) is 5.17. The molecule has 4 rings (SSSR count). The van der Waals surface area contributed by atoms with Crippen LogP contribution in [0.5, 0.6) is 0 Å². The van der Waals surface area contributed by atoms with Crippen LogP contribution >= 0.6 is 11.8 Å². The van der Waals surface area contributed by atoms with E-state index in [1.165, 1.54) is 37.4 Å². The highest BCUT2D eigenvalue weighted by Gasteiger charge is 2.27. The van der Waals surface area contributed by atoms with Gasteiger partial charge in [-0.2, -0.15) is 16.7 Å². The third kappa shape index (κ3) is 3.90. The molecule has 0 aliphatic carbocycles. The van der Waals surface area contributed by atoms with Crippen LogP contribution in [-0.2, 0) is 11.3 Å². The van der Waals surface area contributed by atoms with Gasteiger partial charge in [-0.3, -0.25) is 9.80 Å². The van der Waals surface area contributed by atoms with Gasteiger partial charge in [-0.25, -0.2) is 0 Å². The van der Waals surface area contributed by atoms with E-state index >= 15 is 0 Å². The van der Waals surface area contributed by atoms with Gasteiger partial charge < -0.3 is 9.26 Å². The van der Waals surface area contributed by atoms with E-state index in [-0.39, 0.29) is 6.10 Å². The normalized spacial score (nSPS) is 28.4. The Morgan fingerprint density at radius 1 is 1.09 bits per heavy atom. The molecular weight excluding hydrogens is 312 g/mol. The summed E-state index contributed by atoms with van der Waals surface area (Å²) in [6, 6.07) is 0.815. The van der Waals surface area contributed by atoms with Crippen molar-refractivity contribution in [3.8, 4) is 0 Å². The van der Waals surface area contributed by atoms with Gasteiger partial charge >= 0.3 is 0 Å². The van der Waals surface area contributed by atoms with Gasteiger partial charge in [-0.15, -0.1) is 0 Å². The summed E-state index contributed by atoms with van der Waals surface area (Å²) in [5, 5.41) is 4.14. The van der Waals surface area contributed by atoms with Gasteiger partial charge in [0.1, 0.15) is 6.10 Å². The summed E-state index contributed by atoms with van der Waals surface area (Å²) < 4.78 is 11.0. The molecule has 0 aromatic carbocycles. The second-order valence-electron chi connectivity index (χ2n) is 6.71. The molecule has 1 aromatic heterocycles. The fourth-order valence-corrected chi connectivity index (χ4v) is 4.85. The molecule has 0 N–H and O–H groups in total. The Balaban J connectivity index is 1.26. The molecule has 1 unspecified atom stereocenters. The molecule has 0 bridgehead atoms. The third-order valence-corrected chi connectivity index (χ3v) is 6.22. The Morgan fingerprint density at radius 3 is 2.65 bits per heavy atom. The van der Waals surface area contributed by atoms with Gasteiger partial charge in [-0.1, -0.05) is 5.16 Å². The van der Waals surface area contributed by atoms with Crippen LogP contribution in [0, 0.1) is 0 Å². The average molecular weight is 338 g/mol. The first-order chi connectivity index (χ1) is 11.4. The van der Waals surface area contributed by atoms with Crippen LogP contribution in [0.25, 0.3) is 0 Å². The number of aromatic nitrogens is 2. The van der Waals surface area contributed by atoms with Crippen molar-refractivity contribution < 1.29 is 9.26 Å². The summed E-state index contributed by atoms with van der Waals surface area (Å²) in [6.45, 7) is 6.16. The minimum atomic E-state index is 0.0252. The maximum absolute atomic E-state index is 5.61. The molecule has 0 radical (unpaired) electrons. The molecule has 4 heterocycles. The standard InChI is InChI=1S/C16H26N4O2S/c1-2-14(21-9-1)16-17-15(18-22-16)12-19-5-7-20(8-6-19)13-3-10-23-11-4-13/h13-14H,1-12H2. The van der Waals surface area contributed by atoms with E-state index in [9.17, 15) is 0 Å². The lowest BCUT2D eigenvalue weighted by atomic mass is 10.1. The molecular formula is C16H26N4O2S. The van der Waals surface area contributed by atoms with Crippen LogP contribution in [0.15, 0.2) is 4.52 Å². The number of nitrogens with zero attached hydrogens (tertiary/aromatic N) is 4. The van der Waals surface area contributed by atoms with Crippen molar-refractivity contribution in [1.29, 1.82) is 0 Å². The molecule has 3 aliphatic rings. The van der Waals surface area contributed by atoms with E-state index in [1.54, 1.807) is 0 Å². The second-order valence-corrected chi connectivity index (χ2v) is 7.93. The van der Waals surface area contributed by atoms with E-state index in [1.807, 2.05) is 0 Å². The van der Waals surface area contributed by atoms with Crippen molar-refractivity contribution in [3.63, 3.8) is 0 Å². The molecule has 128 valence electrons. The van der Waals surface area contributed by atoms with E-state index < -0.39 is 0 Å². The number of hydrogen-bond donors (Lipinski definition) is 0. The quantitative estimate of drug-likeness (QED) is 0.831. The maximum Gasteiger partial charge on any atom is 0.255 e. The van der Waals surface area contributed by atoms with E-state index in [0.29, 0.717) is 5.89 Å². The highest BCUT2D eigenvalue weighted by molar-refractivity contribution is 7.99. The molecule has 1 atom stereocenters. The van der Waals surface area contributed by atoms with Crippen LogP contribution in [0.1, 0.15) is 43.5 Å². The molecule has 3 fully saturated rings. The van der Waals surface area contributed by atoms with E-state index in [2.05, 4.69) is 31.7 Å². The summed E-state index contributed by atoms with van der Waals surface area (Å²) in [6.07, 6.45) is 4.84. The number of hydrogen-bond acceptors (Lipinski definition) is 7. The van der Waals surface area contributed by atoms with Crippen molar-refractivity contribution in [3.05, 3.63) is 11.7 Å². The summed E-state index contributed by atoms with van der Waals surface area (Å²) >= 11 is 2.10. The van der Waals surface area contributed by atoms with Gasteiger partial charge in [0.25, 0.3) is 5.89 Å². The van der Waals surface area contributed by atoms with Gasteiger partial charge in [0.2, 0.25) is 0 Å². The maximum atomic E-state index is 5.61. The topological polar surface area (TPSA) is 54.6 Å². The largest absolute Gasteiger partial charge is 0.368 e. The summed E-state index contributed by atoms with van der Waals surface area (Å²) in [5.74, 6) is 4.13. The number of piperazine rings is 1. The molecule has 23 heavy (non-hydrogen) atoms. The predicted octanol–water partition coefficient (Wildman–Crippen LogP) is 1.93. The lowest BCUT2D eigenvalue weighted by Gasteiger charge is -2.40. The van der Waals surface area contributed by atoms with Crippen LogP contribution in [-0.4, -0.2) is 70.3 Å². The van der Waals surface area contributed by atoms with Crippen molar-refractivity contribution in [2.45, 2.75) is 44.4 Å². The van der Waals surface area contributed by atoms with E-state index in [0.717, 1.165) is 50.9 Å². The lowest BCUT2D eigenvalue weighted by Crippen LogP contribution is -2.50. The van der Waals surface area contributed by atoms with Crippen molar-refractivity contribution in [1.82, 2.24) is 19.9 Å². The van der Waals surface area contributed by atoms with Gasteiger partial charge in [-0.05, 0) is 37.2 Å². The summed E-state index contributed by atoms with van der Waals surface area (Å²) in [7, 11) is 0. The first kappa shape index (κ1) is 15.9. The van der Waals surface area contributed by atoms with Crippen molar-refractivity contribution in [2.24, 2.45) is 0 Å². The first-order valence-corrected chi connectivity index (χ1v) is 10.0. The van der Waals surface area contributed by atoms with Gasteiger partial charge in [0.15, 0.2) is 5.82 Å². The molecule has 1 aromatic rings. The van der Waals surface area contributed by atoms with E-state index in [4.69, 9.17) is 9.26 Å². The zero-order valence-corrected chi connectivity index (χ0v) is 14.5. The lowest BCUT2D eigenvalue weighted by molar-refractivity contribution is 0.0832. The summed E-state index contributed by atoms with van der Waals surface area (Å²) in [5.41, 5.74) is 0. The Labute approximate surface area is 141 Å². The highest BCUT2D eigenvalue weighted by atomic mass is 32.2. The monoisotopic (exact) mass is 338 g/mol. The number of thioether (sulfide) groups is 1. The van der Waals surface area contributed by atoms with Crippen LogP contribution in [0.4, 0.5) is 0 Å². The average Bonchev–Trinajstić information content (AvgIpc) is 3.28. The molecule has 0 amide bonds. The SMILES string of the molecule is C1COC(c2nc(CN3CCN(C4CCSCC4)CC3)no2)C1. The highest BCUT2D eigenvalue weighted by Crippen LogP contribution is 2.27. The van der Waals surface area contributed by atoms with Gasteiger partial charge in [0, 0.05) is 38.8 Å².